The van der Waals surface area contributed by atoms with Crippen LogP contribution in [0.15, 0.2) is 47.4 Å². The number of rotatable bonds is 7. The monoisotopic (exact) mass is 403 g/mol. The minimum absolute atomic E-state index is 0.0303. The summed E-state index contributed by atoms with van der Waals surface area (Å²) in [5.41, 5.74) is 4.67. The van der Waals surface area contributed by atoms with Gasteiger partial charge in [-0.25, -0.2) is 0 Å². The molecule has 1 fully saturated rings. The third-order valence-corrected chi connectivity index (χ3v) is 6.73. The average molecular weight is 404 g/mol. The summed E-state index contributed by atoms with van der Waals surface area (Å²) in [7, 11) is -4.68. The van der Waals surface area contributed by atoms with E-state index in [1.165, 1.54) is 35.2 Å². The number of amides is 1. The Balaban J connectivity index is 1.55. The van der Waals surface area contributed by atoms with E-state index in [1.54, 1.807) is 12.1 Å². The van der Waals surface area contributed by atoms with Crippen LogP contribution in [0.25, 0.3) is 0 Å². The van der Waals surface area contributed by atoms with Crippen LogP contribution in [-0.4, -0.2) is 20.9 Å². The van der Waals surface area contributed by atoms with E-state index in [1.807, 2.05) is 0 Å². The smallest absolute Gasteiger partial charge is 0.332 e. The minimum atomic E-state index is -4.68. The first-order valence-corrected chi connectivity index (χ1v) is 11.0. The molecule has 6 heteroatoms. The van der Waals surface area contributed by atoms with Crippen LogP contribution in [0.3, 0.4) is 0 Å². The van der Waals surface area contributed by atoms with Crippen molar-refractivity contribution in [1.82, 2.24) is 5.32 Å². The van der Waals surface area contributed by atoms with Gasteiger partial charge in [0.15, 0.2) is 0 Å². The van der Waals surface area contributed by atoms with E-state index < -0.39 is 10.2 Å². The van der Waals surface area contributed by atoms with E-state index in [2.05, 4.69) is 37.4 Å². The molecule has 0 saturated heterocycles. The molecule has 2 aromatic rings. The van der Waals surface area contributed by atoms with Crippen molar-refractivity contribution in [2.75, 3.05) is 6.54 Å². The summed E-state index contributed by atoms with van der Waals surface area (Å²) in [5, 5.41) is 3.07. The molecule has 0 radical (unpaired) electrons. The molecule has 4 nitrogen and oxygen atoms in total. The fourth-order valence-corrected chi connectivity index (χ4v) is 4.14. The van der Waals surface area contributed by atoms with Crippen molar-refractivity contribution in [1.29, 1.82) is 0 Å². The molecule has 0 aromatic heterocycles. The van der Waals surface area contributed by atoms with Gasteiger partial charge in [-0.15, -0.1) is 3.89 Å². The molecule has 150 valence electrons. The largest absolute Gasteiger partial charge is 0.355 e. The Morgan fingerprint density at radius 2 is 1.75 bits per heavy atom. The second kappa shape index (κ2) is 8.03. The van der Waals surface area contributed by atoms with E-state index in [9.17, 15) is 17.1 Å². The zero-order chi connectivity index (χ0) is 20.4. The molecule has 0 bridgehead atoms. The van der Waals surface area contributed by atoms with E-state index in [0.717, 1.165) is 18.4 Å². The first-order valence-electron chi connectivity index (χ1n) is 9.58. The van der Waals surface area contributed by atoms with E-state index in [-0.39, 0.29) is 16.2 Å². The molecular formula is C22H26FNO3S. The van der Waals surface area contributed by atoms with Gasteiger partial charge in [0.2, 0.25) is 5.91 Å². The third kappa shape index (κ3) is 4.61. The molecule has 3 rings (SSSR count). The topological polar surface area (TPSA) is 63.2 Å². The normalized spacial score (nSPS) is 15.7. The van der Waals surface area contributed by atoms with Gasteiger partial charge < -0.3 is 5.32 Å². The average Bonchev–Trinajstić information content (AvgIpc) is 2.61. The molecule has 0 spiro atoms. The number of aryl methyl sites for hydroxylation is 3. The highest BCUT2D eigenvalue weighted by atomic mass is 32.3. The van der Waals surface area contributed by atoms with E-state index in [4.69, 9.17) is 0 Å². The maximum atomic E-state index is 12.9. The lowest BCUT2D eigenvalue weighted by Gasteiger charge is -2.43. The van der Waals surface area contributed by atoms with Crippen LogP contribution >= 0.6 is 0 Å². The lowest BCUT2D eigenvalue weighted by atomic mass is 9.64. The predicted octanol–water partition coefficient (Wildman–Crippen LogP) is 4.13. The van der Waals surface area contributed by atoms with Gasteiger partial charge in [0.05, 0.1) is 4.90 Å². The van der Waals surface area contributed by atoms with Crippen LogP contribution < -0.4 is 5.32 Å². The molecule has 0 heterocycles. The second-order valence-electron chi connectivity index (χ2n) is 7.79. The van der Waals surface area contributed by atoms with Crippen molar-refractivity contribution >= 4 is 16.1 Å². The standard InChI is InChI=1S/C22H26FNO3S/c1-16-4-8-19(14-17(16)2)22(12-3-13-22)15-24-21(25)11-7-18-5-9-20(10-6-18)28(23,26)27/h4-6,8-10,14H,3,7,11-13,15H2,1-2H3,(H,24,25). The Bertz CT molecular complexity index is 964. The number of carbonyl (C=O) groups is 1. The summed E-state index contributed by atoms with van der Waals surface area (Å²) in [6, 6.07) is 12.1. The summed E-state index contributed by atoms with van der Waals surface area (Å²) >= 11 is 0. The minimum Gasteiger partial charge on any atom is -0.355 e. The highest BCUT2D eigenvalue weighted by molar-refractivity contribution is 7.86. The van der Waals surface area contributed by atoms with Gasteiger partial charge in [-0.3, -0.25) is 4.79 Å². The van der Waals surface area contributed by atoms with Crippen LogP contribution in [-0.2, 0) is 26.9 Å². The number of hydrogen-bond acceptors (Lipinski definition) is 3. The molecule has 1 aliphatic rings. The quantitative estimate of drug-likeness (QED) is 0.707. The Morgan fingerprint density at radius 1 is 1.07 bits per heavy atom. The fraction of sp³-hybridized carbons (Fsp3) is 0.409. The zero-order valence-electron chi connectivity index (χ0n) is 16.3. The summed E-state index contributed by atoms with van der Waals surface area (Å²) in [6.45, 7) is 4.85. The van der Waals surface area contributed by atoms with E-state index in [0.29, 0.717) is 19.4 Å². The van der Waals surface area contributed by atoms with Crippen LogP contribution in [0.2, 0.25) is 0 Å². The lowest BCUT2D eigenvalue weighted by molar-refractivity contribution is -0.121. The van der Waals surface area contributed by atoms with Crippen molar-refractivity contribution in [2.24, 2.45) is 0 Å². The maximum absolute atomic E-state index is 12.9. The van der Waals surface area contributed by atoms with Crippen molar-refractivity contribution < 1.29 is 17.1 Å². The summed E-state index contributed by atoms with van der Waals surface area (Å²) in [4.78, 5) is 12.0. The van der Waals surface area contributed by atoms with Gasteiger partial charge in [0.25, 0.3) is 0 Å². The number of hydrogen-bond donors (Lipinski definition) is 1. The Morgan fingerprint density at radius 3 is 2.29 bits per heavy atom. The molecule has 1 amide bonds. The molecule has 2 aromatic carbocycles. The van der Waals surface area contributed by atoms with Crippen molar-refractivity contribution in [3.8, 4) is 0 Å². The van der Waals surface area contributed by atoms with Crippen LogP contribution in [0.5, 0.6) is 0 Å². The molecule has 1 saturated carbocycles. The zero-order valence-corrected chi connectivity index (χ0v) is 17.1. The van der Waals surface area contributed by atoms with Crippen LogP contribution in [0, 0.1) is 13.8 Å². The Kier molecular flexibility index (Phi) is 5.89. The van der Waals surface area contributed by atoms with Gasteiger partial charge in [0, 0.05) is 18.4 Å². The summed E-state index contributed by atoms with van der Waals surface area (Å²) in [5.74, 6) is -0.0303. The third-order valence-electron chi connectivity index (χ3n) is 5.90. The first kappa shape index (κ1) is 20.5. The molecule has 1 aliphatic carbocycles. The molecule has 0 aliphatic heterocycles. The second-order valence-corrected chi connectivity index (χ2v) is 9.14. The molecule has 0 unspecified atom stereocenters. The van der Waals surface area contributed by atoms with Gasteiger partial charge in [-0.1, -0.05) is 36.8 Å². The van der Waals surface area contributed by atoms with E-state index >= 15 is 0 Å². The van der Waals surface area contributed by atoms with Crippen LogP contribution in [0.4, 0.5) is 3.89 Å². The van der Waals surface area contributed by atoms with Crippen molar-refractivity contribution in [2.45, 2.75) is 56.3 Å². The van der Waals surface area contributed by atoms with Gasteiger partial charge in [0.1, 0.15) is 0 Å². The van der Waals surface area contributed by atoms with Gasteiger partial charge >= 0.3 is 10.2 Å². The lowest BCUT2D eigenvalue weighted by Crippen LogP contribution is -2.45. The number of halogens is 1. The van der Waals surface area contributed by atoms with Gasteiger partial charge in [-0.05, 0) is 67.5 Å². The van der Waals surface area contributed by atoms with Crippen molar-refractivity contribution in [3.05, 3.63) is 64.7 Å². The Labute approximate surface area is 166 Å². The number of benzene rings is 2. The van der Waals surface area contributed by atoms with Crippen LogP contribution in [0.1, 0.15) is 47.9 Å². The highest BCUT2D eigenvalue weighted by Gasteiger charge is 2.38. The number of carbonyl (C=O) groups excluding carboxylic acids is 1. The summed E-state index contributed by atoms with van der Waals surface area (Å²) in [6.07, 6.45) is 4.12. The predicted molar refractivity (Wildman–Crippen MR) is 108 cm³/mol. The van der Waals surface area contributed by atoms with Gasteiger partial charge in [-0.2, -0.15) is 8.42 Å². The molecule has 1 N–H and O–H groups in total. The SMILES string of the molecule is Cc1ccc(C2(CNC(=O)CCc3ccc(S(=O)(=O)F)cc3)CCC2)cc1C. The molecule has 0 atom stereocenters. The highest BCUT2D eigenvalue weighted by Crippen LogP contribution is 2.43. The Hall–Kier alpha value is -2.21. The summed E-state index contributed by atoms with van der Waals surface area (Å²) < 4.78 is 34.6. The molecule has 28 heavy (non-hydrogen) atoms. The van der Waals surface area contributed by atoms with Crippen molar-refractivity contribution in [3.63, 3.8) is 0 Å². The fourth-order valence-electron chi connectivity index (χ4n) is 3.68. The maximum Gasteiger partial charge on any atom is 0.332 e. The molecular weight excluding hydrogens is 377 g/mol. The first-order chi connectivity index (χ1) is 13.2. The number of nitrogens with one attached hydrogen (secondary N) is 1.